The smallest absolute Gasteiger partial charge is 0.00773 e. The highest BCUT2D eigenvalue weighted by Crippen LogP contribution is 2.26. The zero-order valence-corrected chi connectivity index (χ0v) is 9.19. The lowest BCUT2D eigenvalue weighted by Crippen LogP contribution is -2.11. The van der Waals surface area contributed by atoms with Gasteiger partial charge in [-0.15, -0.1) is 0 Å². The highest BCUT2D eigenvalue weighted by molar-refractivity contribution is 4.66. The van der Waals surface area contributed by atoms with Crippen molar-refractivity contribution in [2.24, 2.45) is 17.1 Å². The molecule has 0 aliphatic rings. The molecule has 0 aromatic carbocycles. The fourth-order valence-corrected chi connectivity index (χ4v) is 1.78. The van der Waals surface area contributed by atoms with E-state index in [0.29, 0.717) is 5.41 Å². The van der Waals surface area contributed by atoms with Crippen LogP contribution in [0.1, 0.15) is 53.4 Å². The molecule has 2 N–H and O–H groups in total. The monoisotopic (exact) mass is 171 g/mol. The Morgan fingerprint density at radius 3 is 2.17 bits per heavy atom. The predicted molar refractivity (Wildman–Crippen MR) is 56.1 cm³/mol. The van der Waals surface area contributed by atoms with E-state index < -0.39 is 0 Å². The zero-order chi connectivity index (χ0) is 9.61. The highest BCUT2D eigenvalue weighted by atomic mass is 14.5. The first-order valence-corrected chi connectivity index (χ1v) is 5.16. The molecular weight excluding hydrogens is 146 g/mol. The van der Waals surface area contributed by atoms with Gasteiger partial charge in [-0.05, 0) is 30.7 Å². The van der Waals surface area contributed by atoms with Crippen molar-refractivity contribution < 1.29 is 0 Å². The van der Waals surface area contributed by atoms with Crippen LogP contribution >= 0.6 is 0 Å². The summed E-state index contributed by atoms with van der Waals surface area (Å²) >= 11 is 0. The molecule has 0 rings (SSSR count). The van der Waals surface area contributed by atoms with Crippen molar-refractivity contribution in [2.75, 3.05) is 6.54 Å². The third-order valence-corrected chi connectivity index (χ3v) is 2.11. The number of hydrogen-bond acceptors (Lipinski definition) is 1. The van der Waals surface area contributed by atoms with Gasteiger partial charge in [-0.25, -0.2) is 0 Å². The Kier molecular flexibility index (Phi) is 5.56. The first kappa shape index (κ1) is 12.0. The molecule has 1 atom stereocenters. The Morgan fingerprint density at radius 2 is 1.75 bits per heavy atom. The number of unbranched alkanes of at least 4 members (excludes halogenated alkanes) is 1. The van der Waals surface area contributed by atoms with Gasteiger partial charge in [0, 0.05) is 0 Å². The van der Waals surface area contributed by atoms with Crippen LogP contribution in [0.25, 0.3) is 0 Å². The van der Waals surface area contributed by atoms with E-state index in [0.717, 1.165) is 12.5 Å². The van der Waals surface area contributed by atoms with Crippen LogP contribution in [0.5, 0.6) is 0 Å². The fraction of sp³-hybridized carbons (Fsp3) is 1.00. The second-order valence-corrected chi connectivity index (χ2v) is 5.15. The minimum Gasteiger partial charge on any atom is -0.330 e. The Morgan fingerprint density at radius 1 is 1.17 bits per heavy atom. The van der Waals surface area contributed by atoms with Crippen LogP contribution in [0.4, 0.5) is 0 Å². The van der Waals surface area contributed by atoms with Gasteiger partial charge in [-0.2, -0.15) is 0 Å². The summed E-state index contributed by atoms with van der Waals surface area (Å²) in [6.45, 7) is 10.1. The Balaban J connectivity index is 3.40. The van der Waals surface area contributed by atoms with Gasteiger partial charge in [0.25, 0.3) is 0 Å². The summed E-state index contributed by atoms with van der Waals surface area (Å²) in [5.74, 6) is 0.858. The summed E-state index contributed by atoms with van der Waals surface area (Å²) < 4.78 is 0. The maximum absolute atomic E-state index is 5.44. The van der Waals surface area contributed by atoms with Crippen LogP contribution in [-0.4, -0.2) is 6.54 Å². The summed E-state index contributed by atoms with van der Waals surface area (Å²) in [6.07, 6.45) is 5.16. The summed E-state index contributed by atoms with van der Waals surface area (Å²) in [7, 11) is 0. The van der Waals surface area contributed by atoms with Crippen molar-refractivity contribution in [1.29, 1.82) is 0 Å². The first-order valence-electron chi connectivity index (χ1n) is 5.16. The van der Waals surface area contributed by atoms with E-state index in [1.165, 1.54) is 25.7 Å². The molecule has 1 unspecified atom stereocenters. The van der Waals surface area contributed by atoms with Gasteiger partial charge >= 0.3 is 0 Å². The number of hydrogen-bond donors (Lipinski definition) is 1. The molecule has 74 valence electrons. The van der Waals surface area contributed by atoms with Gasteiger partial charge in [-0.1, -0.05) is 40.5 Å². The fourth-order valence-electron chi connectivity index (χ4n) is 1.78. The SMILES string of the molecule is CC(CCCCN)CC(C)(C)C. The Hall–Kier alpha value is -0.0400. The second kappa shape index (κ2) is 5.58. The van der Waals surface area contributed by atoms with Crippen molar-refractivity contribution in [3.63, 3.8) is 0 Å². The molecule has 0 radical (unpaired) electrons. The minimum absolute atomic E-state index is 0.488. The topological polar surface area (TPSA) is 26.0 Å². The molecule has 1 heteroatoms. The van der Waals surface area contributed by atoms with Crippen molar-refractivity contribution >= 4 is 0 Å². The minimum atomic E-state index is 0.488. The van der Waals surface area contributed by atoms with Crippen molar-refractivity contribution in [2.45, 2.75) is 53.4 Å². The van der Waals surface area contributed by atoms with E-state index >= 15 is 0 Å². The second-order valence-electron chi connectivity index (χ2n) is 5.15. The van der Waals surface area contributed by atoms with Gasteiger partial charge in [0.2, 0.25) is 0 Å². The van der Waals surface area contributed by atoms with E-state index in [9.17, 15) is 0 Å². The normalized spacial score (nSPS) is 14.8. The van der Waals surface area contributed by atoms with Crippen LogP contribution in [0.2, 0.25) is 0 Å². The molecule has 0 saturated heterocycles. The molecule has 0 aliphatic carbocycles. The Bertz CT molecular complexity index is 102. The van der Waals surface area contributed by atoms with Crippen molar-refractivity contribution in [3.05, 3.63) is 0 Å². The van der Waals surface area contributed by atoms with E-state index in [4.69, 9.17) is 5.73 Å². The molecule has 0 heterocycles. The molecular formula is C11H25N. The van der Waals surface area contributed by atoms with Crippen LogP contribution in [-0.2, 0) is 0 Å². The molecule has 0 saturated carbocycles. The lowest BCUT2D eigenvalue weighted by Gasteiger charge is -2.23. The summed E-state index contributed by atoms with van der Waals surface area (Å²) in [5, 5.41) is 0. The average Bonchev–Trinajstić information content (AvgIpc) is 1.84. The van der Waals surface area contributed by atoms with Gasteiger partial charge < -0.3 is 5.73 Å². The lowest BCUT2D eigenvalue weighted by molar-refractivity contribution is 0.292. The Labute approximate surface area is 77.7 Å². The van der Waals surface area contributed by atoms with Gasteiger partial charge in [0.15, 0.2) is 0 Å². The standard InChI is InChI=1S/C11H25N/c1-10(7-5-6-8-12)9-11(2,3)4/h10H,5-9,12H2,1-4H3. The molecule has 12 heavy (non-hydrogen) atoms. The summed E-state index contributed by atoms with van der Waals surface area (Å²) in [4.78, 5) is 0. The van der Waals surface area contributed by atoms with Crippen molar-refractivity contribution in [3.8, 4) is 0 Å². The van der Waals surface area contributed by atoms with Gasteiger partial charge in [-0.3, -0.25) is 0 Å². The largest absolute Gasteiger partial charge is 0.330 e. The van der Waals surface area contributed by atoms with Crippen LogP contribution in [0.3, 0.4) is 0 Å². The van der Waals surface area contributed by atoms with Gasteiger partial charge in [0.05, 0.1) is 0 Å². The first-order chi connectivity index (χ1) is 5.45. The average molecular weight is 171 g/mol. The highest BCUT2D eigenvalue weighted by Gasteiger charge is 2.14. The van der Waals surface area contributed by atoms with Crippen molar-refractivity contribution in [1.82, 2.24) is 0 Å². The number of rotatable bonds is 5. The van der Waals surface area contributed by atoms with Crippen LogP contribution in [0.15, 0.2) is 0 Å². The van der Waals surface area contributed by atoms with E-state index in [2.05, 4.69) is 27.7 Å². The maximum Gasteiger partial charge on any atom is -0.00773 e. The van der Waals surface area contributed by atoms with Gasteiger partial charge in [0.1, 0.15) is 0 Å². The maximum atomic E-state index is 5.44. The molecule has 0 aromatic rings. The van der Waals surface area contributed by atoms with Crippen LogP contribution < -0.4 is 5.73 Å². The predicted octanol–water partition coefficient (Wildman–Crippen LogP) is 3.19. The molecule has 0 aromatic heterocycles. The third-order valence-electron chi connectivity index (χ3n) is 2.11. The van der Waals surface area contributed by atoms with E-state index in [1.807, 2.05) is 0 Å². The molecule has 0 fully saturated rings. The third kappa shape index (κ3) is 8.06. The zero-order valence-electron chi connectivity index (χ0n) is 9.19. The quantitative estimate of drug-likeness (QED) is 0.632. The molecule has 1 nitrogen and oxygen atoms in total. The van der Waals surface area contributed by atoms with Crippen LogP contribution in [0, 0.1) is 11.3 Å². The van der Waals surface area contributed by atoms with E-state index in [-0.39, 0.29) is 0 Å². The van der Waals surface area contributed by atoms with E-state index in [1.54, 1.807) is 0 Å². The molecule has 0 amide bonds. The number of nitrogens with two attached hydrogens (primary N) is 1. The lowest BCUT2D eigenvalue weighted by atomic mass is 9.83. The summed E-state index contributed by atoms with van der Waals surface area (Å²) in [5.41, 5.74) is 5.93. The molecule has 0 aliphatic heterocycles. The summed E-state index contributed by atoms with van der Waals surface area (Å²) in [6, 6.07) is 0. The molecule has 0 spiro atoms. The molecule has 0 bridgehead atoms.